The van der Waals surface area contributed by atoms with Crippen LogP contribution in [0.2, 0.25) is 0 Å². The molecule has 2 unspecified atom stereocenters. The molecule has 18 nitrogen and oxygen atoms in total. The third kappa shape index (κ3) is 50.0. The van der Waals surface area contributed by atoms with Crippen LogP contribution in [-0.4, -0.2) is 113 Å². The molecule has 0 aromatic rings. The molecule has 3 atom stereocenters. The van der Waals surface area contributed by atoms with Crippen LogP contribution in [0.25, 0.3) is 0 Å². The number of hydrogen-bond acceptors (Lipinski definition) is 15. The fourth-order valence-corrected chi connectivity index (χ4v) is 9.12. The van der Waals surface area contributed by atoms with Gasteiger partial charge in [-0.05, 0) is 114 Å². The Balaban J connectivity index is -0.0000274. The summed E-state index contributed by atoms with van der Waals surface area (Å²) in [5, 5.41) is 21.2. The summed E-state index contributed by atoms with van der Waals surface area (Å²) in [7, 11) is -4.70. The Hall–Kier alpha value is -1.47. The molecule has 0 bridgehead atoms. The SMILES string of the molecule is CC(C)N(CCC(=O)OCC(COP(=O)(O)OC[C@H](CCCCCCCCCCCCCCC(=O)[O-])CCCCCCCCCCCCCC(=O)[O-])OC(=O)CCN(C(=O)OC(C)(C)C)C(C)C)C(=O)OC(C)(C)C.[Na+].[Na+]. The largest absolute Gasteiger partial charge is 1.00 e. The second-order valence-corrected chi connectivity index (χ2v) is 24.2. The van der Waals surface area contributed by atoms with Gasteiger partial charge < -0.3 is 53.4 Å². The zero-order valence-corrected chi connectivity index (χ0v) is 55.2. The van der Waals surface area contributed by atoms with Crippen molar-refractivity contribution in [3.63, 3.8) is 0 Å². The van der Waals surface area contributed by atoms with E-state index in [1.807, 2.05) is 0 Å². The minimum absolute atomic E-state index is 0. The maximum Gasteiger partial charge on any atom is 1.00 e. The first-order chi connectivity index (χ1) is 35.2. The summed E-state index contributed by atoms with van der Waals surface area (Å²) >= 11 is 0. The fourth-order valence-electron chi connectivity index (χ4n) is 8.29. The molecule has 0 aliphatic heterocycles. The molecule has 0 spiro atoms. The van der Waals surface area contributed by atoms with Crippen LogP contribution in [0.1, 0.15) is 255 Å². The fraction of sp³-hybridized carbons (Fsp3) is 0.893. The van der Waals surface area contributed by atoms with Crippen molar-refractivity contribution < 1.29 is 136 Å². The molecular weight excluding hydrogens is 1030 g/mol. The van der Waals surface area contributed by atoms with E-state index in [0.29, 0.717) is 12.8 Å². The Bertz CT molecular complexity index is 1630. The Labute approximate surface area is 509 Å². The standard InChI is InChI=1S/C56H105N2O16P.2Na/c1-45(2)57(53(65)73-55(5,6)7)40-38-51(63)69-43-48(72-52(64)39-41-58(46(3)4)54(66)74-56(8,9)10)44-71-75(67,68)70-42-47(35-31-27-23-19-15-13-17-21-25-29-33-37-50(61)62)34-30-26-22-18-14-11-12-16-20-24-28-32-36-49(59)60;;/h45-48H,11-44H2,1-10H3,(H,59,60)(H,61,62)(H,67,68);;/q;2*+1/p-2/t47-,48?;;/m1../s1. The van der Waals surface area contributed by atoms with Crippen molar-refractivity contribution in [2.24, 2.45) is 5.92 Å². The van der Waals surface area contributed by atoms with Gasteiger partial charge in [-0.1, -0.05) is 135 Å². The average molecular weight is 1140 g/mol. The molecule has 0 rings (SSSR count). The van der Waals surface area contributed by atoms with Crippen molar-refractivity contribution in [2.45, 2.75) is 285 Å². The van der Waals surface area contributed by atoms with E-state index in [1.165, 1.54) is 22.6 Å². The van der Waals surface area contributed by atoms with Crippen LogP contribution in [0.5, 0.6) is 0 Å². The zero-order valence-electron chi connectivity index (χ0n) is 50.3. The average Bonchev–Trinajstić information content (AvgIpc) is 3.28. The number of carbonyl (C=O) groups is 6. The first kappa shape index (κ1) is 79.8. The van der Waals surface area contributed by atoms with E-state index in [2.05, 4.69) is 0 Å². The van der Waals surface area contributed by atoms with Gasteiger partial charge in [-0.25, -0.2) is 14.2 Å². The van der Waals surface area contributed by atoms with Crippen LogP contribution in [0.4, 0.5) is 9.59 Å². The molecule has 2 amide bonds. The Morgan fingerprint density at radius 3 is 1.10 bits per heavy atom. The number of ether oxygens (including phenoxy) is 4. The number of phosphoric acid groups is 1. The van der Waals surface area contributed by atoms with Crippen molar-refractivity contribution in [1.29, 1.82) is 0 Å². The Morgan fingerprint density at radius 1 is 0.468 bits per heavy atom. The molecule has 0 aromatic carbocycles. The molecule has 0 fully saturated rings. The van der Waals surface area contributed by atoms with Crippen molar-refractivity contribution in [3.05, 3.63) is 0 Å². The topological polar surface area (TPSA) is 248 Å². The van der Waals surface area contributed by atoms with E-state index in [4.69, 9.17) is 28.0 Å². The molecule has 0 aliphatic carbocycles. The molecule has 1 N–H and O–H groups in total. The van der Waals surface area contributed by atoms with Crippen LogP contribution in [-0.2, 0) is 51.7 Å². The first-order valence-electron chi connectivity index (χ1n) is 28.6. The van der Waals surface area contributed by atoms with Crippen molar-refractivity contribution in [1.82, 2.24) is 9.80 Å². The van der Waals surface area contributed by atoms with E-state index in [9.17, 15) is 48.4 Å². The molecule has 0 aliphatic rings. The predicted octanol–water partition coefficient (Wildman–Crippen LogP) is 5.30. The second-order valence-electron chi connectivity index (χ2n) is 22.7. The van der Waals surface area contributed by atoms with Gasteiger partial charge in [0, 0.05) is 37.1 Å². The van der Waals surface area contributed by atoms with Gasteiger partial charge >= 0.3 is 91.1 Å². The Kier molecular flexibility index (Phi) is 48.7. The van der Waals surface area contributed by atoms with Crippen LogP contribution >= 0.6 is 7.82 Å². The molecule has 77 heavy (non-hydrogen) atoms. The summed E-state index contributed by atoms with van der Waals surface area (Å²) in [4.78, 5) is 86.9. The van der Waals surface area contributed by atoms with Crippen molar-refractivity contribution >= 4 is 43.9 Å². The van der Waals surface area contributed by atoms with Gasteiger partial charge in [-0.15, -0.1) is 0 Å². The minimum atomic E-state index is -4.70. The van der Waals surface area contributed by atoms with Gasteiger partial charge in [0.2, 0.25) is 0 Å². The predicted molar refractivity (Wildman–Crippen MR) is 286 cm³/mol. The first-order valence-corrected chi connectivity index (χ1v) is 30.1. The number of carboxylic acids is 2. The number of unbranched alkanes of at least 4 members (excludes halogenated alkanes) is 21. The normalized spacial score (nSPS) is 13.2. The monoisotopic (exact) mass is 1140 g/mol. The number of rotatable bonds is 46. The van der Waals surface area contributed by atoms with Gasteiger partial charge in [0.15, 0.2) is 6.10 Å². The van der Waals surface area contributed by atoms with E-state index < -0.39 is 74.4 Å². The number of esters is 2. The van der Waals surface area contributed by atoms with Gasteiger partial charge in [-0.3, -0.25) is 18.6 Å². The van der Waals surface area contributed by atoms with E-state index in [-0.39, 0.29) is 122 Å². The molecule has 0 aromatic heterocycles. The van der Waals surface area contributed by atoms with Gasteiger partial charge in [0.1, 0.15) is 17.8 Å². The smallest absolute Gasteiger partial charge is 0.550 e. The quantitative estimate of drug-likeness (QED) is 0.0267. The molecule has 0 saturated heterocycles. The maximum absolute atomic E-state index is 13.5. The summed E-state index contributed by atoms with van der Waals surface area (Å²) in [5.74, 6) is -3.45. The third-order valence-corrected chi connectivity index (χ3v) is 13.4. The molecule has 0 heterocycles. The molecule has 440 valence electrons. The van der Waals surface area contributed by atoms with Gasteiger partial charge in [-0.2, -0.15) is 0 Å². The second kappa shape index (κ2) is 47.1. The van der Waals surface area contributed by atoms with E-state index in [1.54, 1.807) is 69.2 Å². The van der Waals surface area contributed by atoms with Crippen molar-refractivity contribution in [3.8, 4) is 0 Å². The van der Waals surface area contributed by atoms with Crippen LogP contribution in [0.3, 0.4) is 0 Å². The van der Waals surface area contributed by atoms with Gasteiger partial charge in [0.05, 0.1) is 26.1 Å². The number of phosphoric ester groups is 1. The molecule has 0 radical (unpaired) electrons. The number of aliphatic carboxylic acids is 2. The minimum Gasteiger partial charge on any atom is -0.550 e. The summed E-state index contributed by atoms with van der Waals surface area (Å²) in [6, 6.07) is -0.596. The summed E-state index contributed by atoms with van der Waals surface area (Å²) in [6.45, 7) is 16.3. The number of carboxylic acid groups (broad SMARTS) is 2. The van der Waals surface area contributed by atoms with E-state index in [0.717, 1.165) is 135 Å². The summed E-state index contributed by atoms with van der Waals surface area (Å²) in [6.07, 6.45) is 22.9. The third-order valence-electron chi connectivity index (χ3n) is 12.5. The molecular formula is C56H103N2Na2O16P. The van der Waals surface area contributed by atoms with Crippen molar-refractivity contribution in [2.75, 3.05) is 32.9 Å². The van der Waals surface area contributed by atoms with Crippen LogP contribution in [0.15, 0.2) is 0 Å². The zero-order chi connectivity index (χ0) is 56.7. The molecule has 21 heteroatoms. The van der Waals surface area contributed by atoms with Crippen LogP contribution < -0.4 is 69.3 Å². The summed E-state index contributed by atoms with van der Waals surface area (Å²) < 4.78 is 46.6. The summed E-state index contributed by atoms with van der Waals surface area (Å²) in [5.41, 5.74) is -1.51. The number of nitrogens with zero attached hydrogens (tertiary/aromatic N) is 2. The Morgan fingerprint density at radius 2 is 0.779 bits per heavy atom. The number of carbonyl (C=O) groups excluding carboxylic acids is 6. The number of hydrogen-bond donors (Lipinski definition) is 1. The number of amides is 2. The van der Waals surface area contributed by atoms with E-state index >= 15 is 0 Å². The van der Waals surface area contributed by atoms with Gasteiger partial charge in [0.25, 0.3) is 0 Å². The molecule has 0 saturated carbocycles. The van der Waals surface area contributed by atoms with Crippen LogP contribution in [0, 0.1) is 5.92 Å². The maximum atomic E-state index is 13.5.